The molecule has 1 rings (SSSR count). The van der Waals surface area contributed by atoms with Gasteiger partial charge in [-0.2, -0.15) is 5.06 Å². The number of carbonyl (C=O) groups excluding carboxylic acids is 1. The van der Waals surface area contributed by atoms with Gasteiger partial charge in [-0.25, -0.2) is 0 Å². The van der Waals surface area contributed by atoms with E-state index in [1.165, 1.54) is 5.06 Å². The zero-order chi connectivity index (χ0) is 14.7. The van der Waals surface area contributed by atoms with Gasteiger partial charge in [0, 0.05) is 6.54 Å². The quantitative estimate of drug-likeness (QED) is 0.754. The smallest absolute Gasteiger partial charge is 0.139 e. The van der Waals surface area contributed by atoms with E-state index in [0.717, 1.165) is 45.1 Å². The number of piperazine rings is 1. The predicted molar refractivity (Wildman–Crippen MR) is 77.4 cm³/mol. The van der Waals surface area contributed by atoms with Crippen LogP contribution in [0.3, 0.4) is 0 Å². The standard InChI is InChI=1S/C15H30N2O2/c1-6-9-10-16-12-14(4,5)17(19)15(7-2,8-3)13(16)11-18/h11,13,19H,6-10,12H2,1-5H3. The number of aldehydes is 1. The van der Waals surface area contributed by atoms with Gasteiger partial charge in [0.2, 0.25) is 0 Å². The van der Waals surface area contributed by atoms with Crippen molar-refractivity contribution in [2.45, 2.75) is 77.4 Å². The minimum absolute atomic E-state index is 0.216. The summed E-state index contributed by atoms with van der Waals surface area (Å²) in [4.78, 5) is 13.9. The molecular weight excluding hydrogens is 240 g/mol. The second kappa shape index (κ2) is 6.33. The average Bonchev–Trinajstić information content (AvgIpc) is 2.39. The molecule has 4 nitrogen and oxygen atoms in total. The SMILES string of the molecule is CCCCN1CC(C)(C)N(O)C(CC)(CC)C1C=O. The summed E-state index contributed by atoms with van der Waals surface area (Å²) < 4.78 is 0. The number of hydroxylamine groups is 2. The number of unbranched alkanes of at least 4 members (excludes halogenated alkanes) is 1. The van der Waals surface area contributed by atoms with Crippen LogP contribution in [0.5, 0.6) is 0 Å². The number of hydrogen-bond acceptors (Lipinski definition) is 4. The first-order valence-corrected chi connectivity index (χ1v) is 7.58. The summed E-state index contributed by atoms with van der Waals surface area (Å²) in [7, 11) is 0. The van der Waals surface area contributed by atoms with E-state index in [-0.39, 0.29) is 11.6 Å². The summed E-state index contributed by atoms with van der Waals surface area (Å²) in [6.45, 7) is 12.0. The number of carbonyl (C=O) groups is 1. The first-order chi connectivity index (χ1) is 8.89. The lowest BCUT2D eigenvalue weighted by Gasteiger charge is -2.58. The lowest BCUT2D eigenvalue weighted by molar-refractivity contribution is -0.278. The van der Waals surface area contributed by atoms with E-state index in [1.54, 1.807) is 0 Å². The lowest BCUT2D eigenvalue weighted by Crippen LogP contribution is -2.74. The monoisotopic (exact) mass is 270 g/mol. The van der Waals surface area contributed by atoms with Gasteiger partial charge in [-0.15, -0.1) is 0 Å². The minimum Gasteiger partial charge on any atom is -0.313 e. The highest BCUT2D eigenvalue weighted by atomic mass is 16.5. The third-order valence-corrected chi connectivity index (χ3v) is 4.68. The first-order valence-electron chi connectivity index (χ1n) is 7.58. The zero-order valence-electron chi connectivity index (χ0n) is 13.1. The Morgan fingerprint density at radius 1 is 1.26 bits per heavy atom. The summed E-state index contributed by atoms with van der Waals surface area (Å²) in [6.07, 6.45) is 4.79. The van der Waals surface area contributed by atoms with E-state index >= 15 is 0 Å². The molecule has 0 aromatic heterocycles. The van der Waals surface area contributed by atoms with Crippen LogP contribution in [0.1, 0.15) is 60.3 Å². The summed E-state index contributed by atoms with van der Waals surface area (Å²) >= 11 is 0. The Hall–Kier alpha value is -0.450. The summed E-state index contributed by atoms with van der Waals surface area (Å²) in [6, 6.07) is -0.216. The number of hydrogen-bond donors (Lipinski definition) is 1. The van der Waals surface area contributed by atoms with Crippen molar-refractivity contribution in [1.29, 1.82) is 0 Å². The van der Waals surface area contributed by atoms with Crippen molar-refractivity contribution < 1.29 is 10.0 Å². The van der Waals surface area contributed by atoms with E-state index in [9.17, 15) is 10.0 Å². The molecule has 0 saturated carbocycles. The molecule has 1 aliphatic heterocycles. The Morgan fingerprint density at radius 3 is 2.26 bits per heavy atom. The highest BCUT2D eigenvalue weighted by molar-refractivity contribution is 5.61. The molecule has 0 radical (unpaired) electrons. The van der Waals surface area contributed by atoms with Gasteiger partial charge < -0.3 is 10.0 Å². The molecule has 1 fully saturated rings. The van der Waals surface area contributed by atoms with Crippen LogP contribution >= 0.6 is 0 Å². The largest absolute Gasteiger partial charge is 0.313 e. The van der Waals surface area contributed by atoms with Crippen LogP contribution in [0.15, 0.2) is 0 Å². The van der Waals surface area contributed by atoms with Crippen molar-refractivity contribution in [3.05, 3.63) is 0 Å². The maximum atomic E-state index is 11.6. The second-order valence-corrected chi connectivity index (χ2v) is 6.34. The fourth-order valence-electron chi connectivity index (χ4n) is 3.49. The van der Waals surface area contributed by atoms with Crippen LogP contribution in [0, 0.1) is 0 Å². The van der Waals surface area contributed by atoms with Crippen LogP contribution in [0.2, 0.25) is 0 Å². The van der Waals surface area contributed by atoms with Crippen LogP contribution in [-0.4, -0.2) is 51.7 Å². The van der Waals surface area contributed by atoms with Gasteiger partial charge in [-0.3, -0.25) is 4.90 Å². The predicted octanol–water partition coefficient (Wildman–Crippen LogP) is 2.70. The molecule has 0 amide bonds. The van der Waals surface area contributed by atoms with E-state index in [2.05, 4.69) is 25.7 Å². The van der Waals surface area contributed by atoms with Crippen molar-refractivity contribution in [1.82, 2.24) is 9.96 Å². The molecule has 0 spiro atoms. The summed E-state index contributed by atoms with van der Waals surface area (Å²) in [5, 5.41) is 12.1. The molecule has 1 atom stereocenters. The molecular formula is C15H30N2O2. The van der Waals surface area contributed by atoms with Crippen molar-refractivity contribution in [3.8, 4) is 0 Å². The third kappa shape index (κ3) is 2.86. The van der Waals surface area contributed by atoms with Gasteiger partial charge in [0.1, 0.15) is 6.29 Å². The molecule has 1 unspecified atom stereocenters. The molecule has 19 heavy (non-hydrogen) atoms. The van der Waals surface area contributed by atoms with E-state index in [4.69, 9.17) is 0 Å². The molecule has 0 aromatic carbocycles. The molecule has 0 aliphatic carbocycles. The highest BCUT2D eigenvalue weighted by Crippen LogP contribution is 2.39. The van der Waals surface area contributed by atoms with E-state index in [0.29, 0.717) is 0 Å². The fourth-order valence-corrected chi connectivity index (χ4v) is 3.49. The molecule has 1 N–H and O–H groups in total. The van der Waals surface area contributed by atoms with E-state index < -0.39 is 5.54 Å². The molecule has 0 aromatic rings. The molecule has 1 saturated heterocycles. The zero-order valence-corrected chi connectivity index (χ0v) is 13.1. The number of rotatable bonds is 6. The normalized spacial score (nSPS) is 27.4. The van der Waals surface area contributed by atoms with Gasteiger partial charge in [0.25, 0.3) is 0 Å². The van der Waals surface area contributed by atoms with Crippen LogP contribution in [0.25, 0.3) is 0 Å². The molecule has 1 heterocycles. The fraction of sp³-hybridized carbons (Fsp3) is 0.933. The number of nitrogens with zero attached hydrogens (tertiary/aromatic N) is 2. The van der Waals surface area contributed by atoms with Gasteiger partial charge in [0.05, 0.1) is 17.1 Å². The minimum atomic E-state index is -0.461. The molecule has 0 bridgehead atoms. The topological polar surface area (TPSA) is 43.8 Å². The van der Waals surface area contributed by atoms with Gasteiger partial charge in [0.15, 0.2) is 0 Å². The Balaban J connectivity index is 3.12. The van der Waals surface area contributed by atoms with Crippen molar-refractivity contribution >= 4 is 6.29 Å². The van der Waals surface area contributed by atoms with Gasteiger partial charge >= 0.3 is 0 Å². The maximum absolute atomic E-state index is 11.6. The lowest BCUT2D eigenvalue weighted by atomic mass is 9.77. The Morgan fingerprint density at radius 2 is 1.84 bits per heavy atom. The highest BCUT2D eigenvalue weighted by Gasteiger charge is 2.53. The Kier molecular flexibility index (Phi) is 5.53. The molecule has 4 heteroatoms. The van der Waals surface area contributed by atoms with Crippen LogP contribution < -0.4 is 0 Å². The van der Waals surface area contributed by atoms with Crippen LogP contribution in [0.4, 0.5) is 0 Å². The van der Waals surface area contributed by atoms with Gasteiger partial charge in [-0.1, -0.05) is 27.2 Å². The van der Waals surface area contributed by atoms with Crippen LogP contribution in [-0.2, 0) is 4.79 Å². The van der Waals surface area contributed by atoms with Crippen molar-refractivity contribution in [2.75, 3.05) is 13.1 Å². The summed E-state index contributed by atoms with van der Waals surface area (Å²) in [5.74, 6) is 0. The molecule has 1 aliphatic rings. The summed E-state index contributed by atoms with van der Waals surface area (Å²) in [5.41, 5.74) is -0.781. The van der Waals surface area contributed by atoms with Crippen molar-refractivity contribution in [2.24, 2.45) is 0 Å². The van der Waals surface area contributed by atoms with E-state index in [1.807, 2.05) is 13.8 Å². The third-order valence-electron chi connectivity index (χ3n) is 4.68. The Bertz CT molecular complexity index is 301. The second-order valence-electron chi connectivity index (χ2n) is 6.34. The maximum Gasteiger partial charge on any atom is 0.139 e. The molecule has 112 valence electrons. The van der Waals surface area contributed by atoms with Crippen molar-refractivity contribution in [3.63, 3.8) is 0 Å². The first kappa shape index (κ1) is 16.6. The Labute approximate surface area is 117 Å². The average molecular weight is 270 g/mol. The van der Waals surface area contributed by atoms with Gasteiger partial charge in [-0.05, 0) is 39.7 Å².